The molecule has 6 heteroatoms. The van der Waals surface area contributed by atoms with Crippen molar-refractivity contribution >= 4 is 17.7 Å². The molecule has 0 unspecified atom stereocenters. The van der Waals surface area contributed by atoms with Crippen LogP contribution in [0.15, 0.2) is 78.4 Å². The maximum absolute atomic E-state index is 12.5. The average molecular weight is 471 g/mol. The normalized spacial score (nSPS) is 11.3. The zero-order chi connectivity index (χ0) is 25.3. The molecule has 0 aromatic heterocycles. The van der Waals surface area contributed by atoms with Gasteiger partial charge in [-0.2, -0.15) is 5.26 Å². The molecule has 0 fully saturated rings. The van der Waals surface area contributed by atoms with Gasteiger partial charge in [0.25, 0.3) is 5.91 Å². The fourth-order valence-electron chi connectivity index (χ4n) is 3.22. The number of methoxy groups -OCH3 is 1. The van der Waals surface area contributed by atoms with E-state index in [9.17, 15) is 10.1 Å². The molecule has 35 heavy (non-hydrogen) atoms. The van der Waals surface area contributed by atoms with E-state index in [1.807, 2.05) is 18.2 Å². The smallest absolute Gasteiger partial charge is 0.266 e. The summed E-state index contributed by atoms with van der Waals surface area (Å²) in [6, 6.07) is 24.1. The van der Waals surface area contributed by atoms with Gasteiger partial charge in [0.15, 0.2) is 0 Å². The van der Waals surface area contributed by atoms with E-state index in [0.717, 1.165) is 5.75 Å². The van der Waals surface area contributed by atoms with Gasteiger partial charge in [0.1, 0.15) is 42.1 Å². The van der Waals surface area contributed by atoms with Crippen molar-refractivity contribution in [3.05, 3.63) is 89.5 Å². The number of rotatable bonds is 9. The summed E-state index contributed by atoms with van der Waals surface area (Å²) in [5.41, 5.74) is 2.66. The Bertz CT molecular complexity index is 1180. The van der Waals surface area contributed by atoms with Crippen molar-refractivity contribution in [3.63, 3.8) is 0 Å². The summed E-state index contributed by atoms with van der Waals surface area (Å²) in [7, 11) is 1.57. The molecule has 0 atom stereocenters. The van der Waals surface area contributed by atoms with E-state index in [2.05, 4.69) is 38.2 Å². The van der Waals surface area contributed by atoms with Crippen molar-refractivity contribution in [1.82, 2.24) is 0 Å². The number of hydrogen-bond donors (Lipinski definition) is 1. The number of benzene rings is 3. The lowest BCUT2D eigenvalue weighted by molar-refractivity contribution is -0.112. The lowest BCUT2D eigenvalue weighted by Crippen LogP contribution is -2.13. The third-order valence-electron chi connectivity index (χ3n) is 5.25. The van der Waals surface area contributed by atoms with Crippen molar-refractivity contribution in [2.45, 2.75) is 26.2 Å². The van der Waals surface area contributed by atoms with E-state index >= 15 is 0 Å². The molecular weight excluding hydrogens is 440 g/mol. The van der Waals surface area contributed by atoms with E-state index in [-0.39, 0.29) is 11.0 Å². The van der Waals surface area contributed by atoms with Gasteiger partial charge in [0.05, 0.1) is 7.11 Å². The van der Waals surface area contributed by atoms with Crippen LogP contribution in [-0.4, -0.2) is 26.2 Å². The predicted molar refractivity (Wildman–Crippen MR) is 138 cm³/mol. The minimum Gasteiger partial charge on any atom is -0.497 e. The van der Waals surface area contributed by atoms with Crippen molar-refractivity contribution in [1.29, 1.82) is 5.26 Å². The third-order valence-corrected chi connectivity index (χ3v) is 5.25. The van der Waals surface area contributed by atoms with Crippen molar-refractivity contribution in [2.24, 2.45) is 0 Å². The molecule has 0 aliphatic heterocycles. The predicted octanol–water partition coefficient (Wildman–Crippen LogP) is 6.00. The number of carbonyl (C=O) groups is 1. The Morgan fingerprint density at radius 2 is 1.37 bits per heavy atom. The molecule has 0 saturated heterocycles. The molecule has 0 aliphatic carbocycles. The number of ether oxygens (including phenoxy) is 3. The van der Waals surface area contributed by atoms with Crippen molar-refractivity contribution in [3.8, 4) is 23.3 Å². The molecule has 3 rings (SSSR count). The summed E-state index contributed by atoms with van der Waals surface area (Å²) in [6.45, 7) is 7.34. The highest BCUT2D eigenvalue weighted by Gasteiger charge is 2.13. The Labute approximate surface area is 206 Å². The zero-order valence-corrected chi connectivity index (χ0v) is 20.5. The number of hydrogen-bond acceptors (Lipinski definition) is 5. The number of anilines is 1. The van der Waals surface area contributed by atoms with E-state index in [1.54, 1.807) is 55.6 Å². The summed E-state index contributed by atoms with van der Waals surface area (Å²) in [6.07, 6.45) is 1.53. The van der Waals surface area contributed by atoms with E-state index in [4.69, 9.17) is 14.2 Å². The molecule has 0 spiro atoms. The van der Waals surface area contributed by atoms with E-state index < -0.39 is 5.91 Å². The summed E-state index contributed by atoms with van der Waals surface area (Å²) >= 11 is 0. The van der Waals surface area contributed by atoms with Crippen molar-refractivity contribution < 1.29 is 19.0 Å². The van der Waals surface area contributed by atoms with Gasteiger partial charge in [0.2, 0.25) is 0 Å². The van der Waals surface area contributed by atoms with Gasteiger partial charge in [-0.1, -0.05) is 45.0 Å². The van der Waals surface area contributed by atoms with Crippen LogP contribution in [0.4, 0.5) is 5.69 Å². The van der Waals surface area contributed by atoms with Crippen LogP contribution in [0.3, 0.4) is 0 Å². The van der Waals surface area contributed by atoms with Gasteiger partial charge in [-0.3, -0.25) is 4.79 Å². The van der Waals surface area contributed by atoms with Gasteiger partial charge in [-0.05, 0) is 71.1 Å². The molecule has 1 amide bonds. The van der Waals surface area contributed by atoms with Gasteiger partial charge in [-0.15, -0.1) is 0 Å². The first-order chi connectivity index (χ1) is 16.8. The first kappa shape index (κ1) is 25.4. The van der Waals surface area contributed by atoms with Gasteiger partial charge in [0, 0.05) is 5.69 Å². The molecule has 180 valence electrons. The Hall–Kier alpha value is -4.24. The van der Waals surface area contributed by atoms with E-state index in [1.165, 1.54) is 11.6 Å². The Balaban J connectivity index is 1.49. The number of carbonyl (C=O) groups excluding carboxylic acids is 1. The standard InChI is InChI=1S/C29H30N2O4/c1-29(2,3)23-7-13-27(14-8-23)35-18-17-34-26-11-5-21(6-12-26)19-22(20-30)28(32)31-24-9-15-25(33-4)16-10-24/h5-16,19H,17-18H2,1-4H3,(H,31,32). The minimum absolute atomic E-state index is 0.000338. The Kier molecular flexibility index (Phi) is 8.53. The molecule has 0 aliphatic rings. The quantitative estimate of drug-likeness (QED) is 0.236. The second-order valence-corrected chi connectivity index (χ2v) is 8.89. The molecule has 0 heterocycles. The van der Waals surface area contributed by atoms with Crippen LogP contribution in [0.5, 0.6) is 17.2 Å². The maximum atomic E-state index is 12.5. The molecule has 3 aromatic rings. The fourth-order valence-corrected chi connectivity index (χ4v) is 3.22. The lowest BCUT2D eigenvalue weighted by atomic mass is 9.87. The second kappa shape index (κ2) is 11.8. The topological polar surface area (TPSA) is 80.6 Å². The third kappa shape index (κ3) is 7.65. The summed E-state index contributed by atoms with van der Waals surface area (Å²) < 4.78 is 16.6. The largest absolute Gasteiger partial charge is 0.497 e. The van der Waals surface area contributed by atoms with Crippen LogP contribution >= 0.6 is 0 Å². The molecular formula is C29H30N2O4. The summed E-state index contributed by atoms with van der Waals surface area (Å²) in [4.78, 5) is 12.5. The van der Waals surface area contributed by atoms with Gasteiger partial charge < -0.3 is 19.5 Å². The van der Waals surface area contributed by atoms with Crippen molar-refractivity contribution in [2.75, 3.05) is 25.6 Å². The average Bonchev–Trinajstić information content (AvgIpc) is 2.86. The van der Waals surface area contributed by atoms with Crippen LogP contribution in [0, 0.1) is 11.3 Å². The first-order valence-electron chi connectivity index (χ1n) is 11.3. The summed E-state index contributed by atoms with van der Waals surface area (Å²) in [5, 5.41) is 12.1. The first-order valence-corrected chi connectivity index (χ1v) is 11.3. The van der Waals surface area contributed by atoms with Crippen LogP contribution in [0.1, 0.15) is 31.9 Å². The fraction of sp³-hybridized carbons (Fsp3) is 0.241. The van der Waals surface area contributed by atoms with Gasteiger partial charge in [-0.25, -0.2) is 0 Å². The van der Waals surface area contributed by atoms with Crippen LogP contribution in [0.25, 0.3) is 6.08 Å². The highest BCUT2D eigenvalue weighted by Crippen LogP contribution is 2.24. The monoisotopic (exact) mass is 470 g/mol. The van der Waals surface area contributed by atoms with Crippen LogP contribution in [-0.2, 0) is 10.2 Å². The minimum atomic E-state index is -0.481. The number of amides is 1. The second-order valence-electron chi connectivity index (χ2n) is 8.89. The van der Waals surface area contributed by atoms with Crippen LogP contribution in [0.2, 0.25) is 0 Å². The Morgan fingerprint density at radius 1 is 0.857 bits per heavy atom. The zero-order valence-electron chi connectivity index (χ0n) is 20.5. The highest BCUT2D eigenvalue weighted by molar-refractivity contribution is 6.09. The maximum Gasteiger partial charge on any atom is 0.266 e. The number of nitrogens with one attached hydrogen (secondary N) is 1. The Morgan fingerprint density at radius 3 is 1.86 bits per heavy atom. The lowest BCUT2D eigenvalue weighted by Gasteiger charge is -2.19. The molecule has 0 bridgehead atoms. The number of nitriles is 1. The molecule has 1 N–H and O–H groups in total. The number of nitrogens with zero attached hydrogens (tertiary/aromatic N) is 1. The molecule has 0 saturated carbocycles. The SMILES string of the molecule is COc1ccc(NC(=O)C(C#N)=Cc2ccc(OCCOc3ccc(C(C)(C)C)cc3)cc2)cc1. The molecule has 3 aromatic carbocycles. The summed E-state index contributed by atoms with van der Waals surface area (Å²) in [5.74, 6) is 1.68. The highest BCUT2D eigenvalue weighted by atomic mass is 16.5. The molecule has 6 nitrogen and oxygen atoms in total. The van der Waals surface area contributed by atoms with Gasteiger partial charge >= 0.3 is 0 Å². The van der Waals surface area contributed by atoms with E-state index in [0.29, 0.717) is 36.0 Å². The van der Waals surface area contributed by atoms with Crippen LogP contribution < -0.4 is 19.5 Å². The molecule has 0 radical (unpaired) electrons.